The highest BCUT2D eigenvalue weighted by atomic mass is 32.2. The monoisotopic (exact) mass is 447 g/mol. The lowest BCUT2D eigenvalue weighted by atomic mass is 10.0. The minimum Gasteiger partial charge on any atom is -0.339 e. The van der Waals surface area contributed by atoms with Gasteiger partial charge in [-0.15, -0.1) is 11.8 Å². The van der Waals surface area contributed by atoms with Gasteiger partial charge in [0, 0.05) is 44.2 Å². The van der Waals surface area contributed by atoms with Crippen LogP contribution in [0.2, 0.25) is 0 Å². The summed E-state index contributed by atoms with van der Waals surface area (Å²) in [5.41, 5.74) is 0.329. The maximum absolute atomic E-state index is 12.9. The summed E-state index contributed by atoms with van der Waals surface area (Å²) in [6.45, 7) is 6.24. The van der Waals surface area contributed by atoms with Gasteiger partial charge in [-0.2, -0.15) is 0 Å². The van der Waals surface area contributed by atoms with Gasteiger partial charge < -0.3 is 9.80 Å². The number of benzene rings is 1. The molecule has 31 heavy (non-hydrogen) atoms. The predicted octanol–water partition coefficient (Wildman–Crippen LogP) is 4.60. The topological polar surface area (TPSA) is 83.8 Å². The van der Waals surface area contributed by atoms with Crippen molar-refractivity contribution in [2.24, 2.45) is 11.8 Å². The SMILES string of the molecule is CC(C)CCSc1ccc(C(=O)N2CCN(C(=O)CC3CCCC3)CC2)cc1[N+](=O)[O-]. The Morgan fingerprint density at radius 1 is 1.13 bits per heavy atom. The first-order valence-corrected chi connectivity index (χ1v) is 12.3. The largest absolute Gasteiger partial charge is 0.339 e. The van der Waals surface area contributed by atoms with E-state index in [-0.39, 0.29) is 17.5 Å². The van der Waals surface area contributed by atoms with Crippen LogP contribution in [0.5, 0.6) is 0 Å². The van der Waals surface area contributed by atoms with Crippen LogP contribution in [0, 0.1) is 22.0 Å². The van der Waals surface area contributed by atoms with Gasteiger partial charge in [-0.25, -0.2) is 0 Å². The Morgan fingerprint density at radius 2 is 1.77 bits per heavy atom. The highest BCUT2D eigenvalue weighted by molar-refractivity contribution is 7.99. The number of nitro benzene ring substituents is 1. The van der Waals surface area contributed by atoms with E-state index >= 15 is 0 Å². The number of amides is 2. The van der Waals surface area contributed by atoms with E-state index in [9.17, 15) is 19.7 Å². The van der Waals surface area contributed by atoms with Crippen LogP contribution in [-0.2, 0) is 4.79 Å². The minimum atomic E-state index is -0.409. The first kappa shape index (κ1) is 23.6. The third kappa shape index (κ3) is 6.45. The lowest BCUT2D eigenvalue weighted by Gasteiger charge is -2.35. The summed E-state index contributed by atoms with van der Waals surface area (Å²) in [7, 11) is 0. The third-order valence-electron chi connectivity index (χ3n) is 6.21. The number of hydrogen-bond donors (Lipinski definition) is 0. The number of hydrogen-bond acceptors (Lipinski definition) is 5. The molecule has 0 aromatic heterocycles. The Bertz CT molecular complexity index is 800. The lowest BCUT2D eigenvalue weighted by molar-refractivity contribution is -0.387. The number of carbonyl (C=O) groups is 2. The fraction of sp³-hybridized carbons (Fsp3) is 0.652. The molecule has 1 aromatic carbocycles. The molecule has 2 aliphatic rings. The van der Waals surface area contributed by atoms with E-state index in [2.05, 4.69) is 13.8 Å². The molecular formula is C23H33N3O4S. The molecule has 8 heteroatoms. The maximum Gasteiger partial charge on any atom is 0.283 e. The molecule has 2 amide bonds. The van der Waals surface area contributed by atoms with Crippen LogP contribution in [0.1, 0.15) is 62.7 Å². The quantitative estimate of drug-likeness (QED) is 0.330. The molecular weight excluding hydrogens is 414 g/mol. The second-order valence-electron chi connectivity index (χ2n) is 9.00. The Morgan fingerprint density at radius 3 is 2.39 bits per heavy atom. The standard InChI is InChI=1S/C23H33N3O4S/c1-17(2)9-14-31-21-8-7-19(16-20(21)26(29)30)23(28)25-12-10-24(11-13-25)22(27)15-18-5-3-4-6-18/h7-8,16-18H,3-6,9-15H2,1-2H3. The zero-order valence-corrected chi connectivity index (χ0v) is 19.4. The summed E-state index contributed by atoms with van der Waals surface area (Å²) in [6.07, 6.45) is 6.34. The van der Waals surface area contributed by atoms with Crippen molar-refractivity contribution in [1.29, 1.82) is 0 Å². The summed E-state index contributed by atoms with van der Waals surface area (Å²) in [4.78, 5) is 40.8. The van der Waals surface area contributed by atoms with Gasteiger partial charge in [-0.3, -0.25) is 19.7 Å². The van der Waals surface area contributed by atoms with Gasteiger partial charge in [0.05, 0.1) is 9.82 Å². The zero-order chi connectivity index (χ0) is 22.4. The van der Waals surface area contributed by atoms with Gasteiger partial charge >= 0.3 is 0 Å². The van der Waals surface area contributed by atoms with Crippen molar-refractivity contribution in [2.75, 3.05) is 31.9 Å². The molecule has 0 atom stereocenters. The number of thioether (sulfide) groups is 1. The highest BCUT2D eigenvalue weighted by Gasteiger charge is 2.28. The highest BCUT2D eigenvalue weighted by Crippen LogP contribution is 2.32. The molecule has 1 saturated carbocycles. The Balaban J connectivity index is 1.57. The Hall–Kier alpha value is -2.09. The van der Waals surface area contributed by atoms with Crippen molar-refractivity contribution in [1.82, 2.24) is 9.80 Å². The number of nitrogens with zero attached hydrogens (tertiary/aromatic N) is 3. The van der Waals surface area contributed by atoms with Crippen LogP contribution in [0.15, 0.2) is 23.1 Å². The van der Waals surface area contributed by atoms with Gasteiger partial charge in [0.15, 0.2) is 0 Å². The molecule has 0 radical (unpaired) electrons. The molecule has 1 saturated heterocycles. The van der Waals surface area contributed by atoms with E-state index in [0.29, 0.717) is 54.9 Å². The van der Waals surface area contributed by atoms with Crippen molar-refractivity contribution in [3.63, 3.8) is 0 Å². The van der Waals surface area contributed by atoms with E-state index in [1.807, 2.05) is 4.90 Å². The number of nitro groups is 1. The lowest BCUT2D eigenvalue weighted by Crippen LogP contribution is -2.50. The minimum absolute atomic E-state index is 0.00927. The predicted molar refractivity (Wildman–Crippen MR) is 122 cm³/mol. The molecule has 0 unspecified atom stereocenters. The first-order chi connectivity index (χ1) is 14.8. The van der Waals surface area contributed by atoms with Crippen molar-refractivity contribution >= 4 is 29.3 Å². The van der Waals surface area contributed by atoms with Gasteiger partial charge in [-0.05, 0) is 49.0 Å². The van der Waals surface area contributed by atoms with E-state index in [1.54, 1.807) is 17.0 Å². The average Bonchev–Trinajstić information content (AvgIpc) is 3.26. The molecule has 3 rings (SSSR count). The van der Waals surface area contributed by atoms with Crippen LogP contribution in [0.3, 0.4) is 0 Å². The fourth-order valence-electron chi connectivity index (χ4n) is 4.25. The summed E-state index contributed by atoms with van der Waals surface area (Å²) in [5, 5.41) is 11.6. The van der Waals surface area contributed by atoms with Crippen LogP contribution < -0.4 is 0 Å². The van der Waals surface area contributed by atoms with Crippen LogP contribution in [0.4, 0.5) is 5.69 Å². The normalized spacial score (nSPS) is 17.4. The van der Waals surface area contributed by atoms with Gasteiger partial charge in [0.2, 0.25) is 5.91 Å². The molecule has 0 N–H and O–H groups in total. The second-order valence-corrected chi connectivity index (χ2v) is 10.1. The van der Waals surface area contributed by atoms with Gasteiger partial charge in [0.25, 0.3) is 11.6 Å². The van der Waals surface area contributed by atoms with E-state index in [4.69, 9.17) is 0 Å². The maximum atomic E-state index is 12.9. The second kappa shape index (κ2) is 11.0. The van der Waals surface area contributed by atoms with Crippen molar-refractivity contribution in [3.8, 4) is 0 Å². The molecule has 0 bridgehead atoms. The molecule has 170 valence electrons. The Kier molecular flexibility index (Phi) is 8.35. The van der Waals surface area contributed by atoms with Crippen molar-refractivity contribution < 1.29 is 14.5 Å². The van der Waals surface area contributed by atoms with Crippen LogP contribution >= 0.6 is 11.8 Å². The molecule has 2 fully saturated rings. The van der Waals surface area contributed by atoms with E-state index in [1.165, 1.54) is 30.7 Å². The van der Waals surface area contributed by atoms with Crippen LogP contribution in [0.25, 0.3) is 0 Å². The number of rotatable bonds is 8. The van der Waals surface area contributed by atoms with Gasteiger partial charge in [-0.1, -0.05) is 26.7 Å². The molecule has 1 aliphatic carbocycles. The van der Waals surface area contributed by atoms with Gasteiger partial charge in [0.1, 0.15) is 0 Å². The molecule has 1 heterocycles. The summed E-state index contributed by atoms with van der Waals surface area (Å²) in [5.74, 6) is 1.85. The van der Waals surface area contributed by atoms with Crippen molar-refractivity contribution in [2.45, 2.75) is 57.3 Å². The van der Waals surface area contributed by atoms with Crippen LogP contribution in [-0.4, -0.2) is 58.5 Å². The van der Waals surface area contributed by atoms with E-state index in [0.717, 1.165) is 25.0 Å². The summed E-state index contributed by atoms with van der Waals surface area (Å²) in [6, 6.07) is 4.78. The summed E-state index contributed by atoms with van der Waals surface area (Å²) >= 11 is 1.47. The molecule has 1 aromatic rings. The summed E-state index contributed by atoms with van der Waals surface area (Å²) < 4.78 is 0. The zero-order valence-electron chi connectivity index (χ0n) is 18.5. The van der Waals surface area contributed by atoms with Crippen molar-refractivity contribution in [3.05, 3.63) is 33.9 Å². The molecule has 1 aliphatic heterocycles. The molecule has 7 nitrogen and oxygen atoms in total. The number of carbonyl (C=O) groups excluding carboxylic acids is 2. The third-order valence-corrected chi connectivity index (χ3v) is 7.31. The first-order valence-electron chi connectivity index (χ1n) is 11.3. The Labute approximate surface area is 188 Å². The molecule has 0 spiro atoms. The fourth-order valence-corrected chi connectivity index (χ4v) is 5.51. The average molecular weight is 448 g/mol. The number of piperazine rings is 1. The van der Waals surface area contributed by atoms with E-state index < -0.39 is 4.92 Å². The smallest absolute Gasteiger partial charge is 0.283 e.